The van der Waals surface area contributed by atoms with E-state index in [2.05, 4.69) is 10.6 Å². The highest BCUT2D eigenvalue weighted by Gasteiger charge is 2.28. The van der Waals surface area contributed by atoms with Crippen LogP contribution in [0, 0.1) is 0 Å². The van der Waals surface area contributed by atoms with E-state index in [1.165, 1.54) is 11.8 Å². The molecule has 0 saturated heterocycles. The molecule has 182 valence electrons. The Morgan fingerprint density at radius 2 is 1.37 bits per heavy atom. The molecule has 0 unspecified atom stereocenters. The van der Waals surface area contributed by atoms with Gasteiger partial charge in [0.15, 0.2) is 0 Å². The van der Waals surface area contributed by atoms with Crippen molar-refractivity contribution in [3.8, 4) is 0 Å². The number of nitrogens with one attached hydrogen (secondary N) is 2. The van der Waals surface area contributed by atoms with Gasteiger partial charge < -0.3 is 15.7 Å². The Hall–Kier alpha value is -1.84. The molecule has 0 bridgehead atoms. The maximum Gasteiger partial charge on any atom is 0.338 e. The molecule has 0 aliphatic rings. The van der Waals surface area contributed by atoms with Gasteiger partial charge in [-0.05, 0) is 42.5 Å². The summed E-state index contributed by atoms with van der Waals surface area (Å²) in [4.78, 5) is 37.4. The molecule has 3 rings (SSSR count). The number of carboxylic acids is 1. The number of carboxylic acid groups (broad SMARTS) is 1. The van der Waals surface area contributed by atoms with Crippen LogP contribution in [0.5, 0.6) is 0 Å². The van der Waals surface area contributed by atoms with E-state index in [0.29, 0.717) is 21.4 Å². The Morgan fingerprint density at radius 1 is 0.771 bits per heavy atom. The summed E-state index contributed by atoms with van der Waals surface area (Å²) in [7, 11) is 0. The monoisotopic (exact) mass is 610 g/mol. The highest BCUT2D eigenvalue weighted by molar-refractivity contribution is 8.00. The summed E-state index contributed by atoms with van der Waals surface area (Å²) in [6.07, 6.45) is 0. The predicted molar refractivity (Wildman–Crippen MR) is 144 cm³/mol. The smallest absolute Gasteiger partial charge is 0.338 e. The van der Waals surface area contributed by atoms with E-state index in [1.807, 2.05) is 0 Å². The summed E-state index contributed by atoms with van der Waals surface area (Å²) in [6.45, 7) is 0. The fraction of sp³-hybridized carbons (Fsp3) is 0.0455. The Kier molecular flexibility index (Phi) is 9.46. The minimum Gasteiger partial charge on any atom is -0.478 e. The second-order valence-corrected chi connectivity index (χ2v) is 10.2. The van der Waals surface area contributed by atoms with Crippen molar-refractivity contribution in [1.82, 2.24) is 0 Å². The van der Waals surface area contributed by atoms with Gasteiger partial charge in [0.1, 0.15) is 0 Å². The van der Waals surface area contributed by atoms with Crippen LogP contribution in [0.15, 0.2) is 47.4 Å². The summed E-state index contributed by atoms with van der Waals surface area (Å²) < 4.78 is 0. The third-order valence-corrected chi connectivity index (χ3v) is 7.77. The quantitative estimate of drug-likeness (QED) is 0.142. The van der Waals surface area contributed by atoms with Gasteiger partial charge >= 0.3 is 5.97 Å². The molecular formula is C22H12Cl6N2O4S. The van der Waals surface area contributed by atoms with Crippen molar-refractivity contribution in [1.29, 1.82) is 0 Å². The molecule has 0 aliphatic carbocycles. The molecule has 0 fully saturated rings. The van der Waals surface area contributed by atoms with Gasteiger partial charge in [-0.1, -0.05) is 69.6 Å². The van der Waals surface area contributed by atoms with Crippen molar-refractivity contribution in [2.45, 2.75) is 4.90 Å². The minimum absolute atomic E-state index is 0.0912. The fourth-order valence-corrected chi connectivity index (χ4v) is 4.86. The first-order valence-electron chi connectivity index (χ1n) is 9.38. The van der Waals surface area contributed by atoms with E-state index >= 15 is 0 Å². The molecule has 0 radical (unpaired) electrons. The summed E-state index contributed by atoms with van der Waals surface area (Å²) in [6, 6.07) is 11.2. The third kappa shape index (κ3) is 6.68. The van der Waals surface area contributed by atoms with Crippen LogP contribution in [-0.2, 0) is 4.79 Å². The molecular weight excluding hydrogens is 601 g/mol. The fourth-order valence-electron chi connectivity index (χ4n) is 2.80. The number of rotatable bonds is 7. The molecule has 0 spiro atoms. The average molecular weight is 613 g/mol. The van der Waals surface area contributed by atoms with Crippen LogP contribution >= 0.6 is 81.4 Å². The summed E-state index contributed by atoms with van der Waals surface area (Å²) in [5.74, 6) is -2.53. The zero-order chi connectivity index (χ0) is 25.9. The average Bonchev–Trinajstić information content (AvgIpc) is 2.81. The Bertz CT molecular complexity index is 1330. The van der Waals surface area contributed by atoms with E-state index in [9.17, 15) is 19.5 Å². The van der Waals surface area contributed by atoms with Crippen LogP contribution in [0.2, 0.25) is 30.1 Å². The molecule has 3 N–H and O–H groups in total. The largest absolute Gasteiger partial charge is 0.478 e. The summed E-state index contributed by atoms with van der Waals surface area (Å²) in [5, 5.41) is 14.3. The maximum atomic E-state index is 12.8. The molecule has 2 amide bonds. The number of hydrogen-bond donors (Lipinski definition) is 3. The number of anilines is 2. The predicted octanol–water partition coefficient (Wildman–Crippen LogP) is 8.29. The molecule has 0 heterocycles. The molecule has 0 saturated carbocycles. The molecule has 0 aromatic heterocycles. The summed E-state index contributed by atoms with van der Waals surface area (Å²) >= 11 is 37.2. The first kappa shape index (κ1) is 27.7. The van der Waals surface area contributed by atoms with Crippen LogP contribution in [0.3, 0.4) is 0 Å². The Balaban J connectivity index is 1.68. The number of halogens is 6. The lowest BCUT2D eigenvalue weighted by Crippen LogP contribution is -2.18. The van der Waals surface area contributed by atoms with Crippen molar-refractivity contribution in [2.75, 3.05) is 16.4 Å². The topological polar surface area (TPSA) is 95.5 Å². The van der Waals surface area contributed by atoms with Gasteiger partial charge in [0, 0.05) is 15.6 Å². The van der Waals surface area contributed by atoms with Crippen molar-refractivity contribution in [3.05, 3.63) is 83.7 Å². The zero-order valence-corrected chi connectivity index (χ0v) is 22.4. The van der Waals surface area contributed by atoms with E-state index in [1.54, 1.807) is 42.5 Å². The van der Waals surface area contributed by atoms with Crippen molar-refractivity contribution >= 4 is 111 Å². The molecule has 0 aliphatic heterocycles. The number of carbonyl (C=O) groups is 3. The van der Waals surface area contributed by atoms with E-state index < -0.39 is 28.0 Å². The standard InChI is InChI=1S/C22H12Cl6N2O4S/c23-9-1-6-12(24)13(7-9)30-14(31)8-35-11-4-2-10(3-5-11)29-21(32)15-16(22(33)34)18(26)20(28)19(27)17(15)25/h1-7H,8H2,(H,29,32)(H,30,31)(H,33,34). The van der Waals surface area contributed by atoms with Gasteiger partial charge in [0.05, 0.1) is 47.7 Å². The Morgan fingerprint density at radius 3 is 1.97 bits per heavy atom. The van der Waals surface area contributed by atoms with Crippen LogP contribution in [0.4, 0.5) is 11.4 Å². The van der Waals surface area contributed by atoms with Crippen molar-refractivity contribution < 1.29 is 19.5 Å². The highest BCUT2D eigenvalue weighted by atomic mass is 35.5. The molecule has 13 heteroatoms. The number of carbonyl (C=O) groups excluding carboxylic acids is 2. The lowest BCUT2D eigenvalue weighted by atomic mass is 10.1. The van der Waals surface area contributed by atoms with Gasteiger partial charge in [-0.15, -0.1) is 11.8 Å². The first-order valence-corrected chi connectivity index (χ1v) is 12.6. The molecule has 6 nitrogen and oxygen atoms in total. The number of benzene rings is 3. The van der Waals surface area contributed by atoms with Crippen molar-refractivity contribution in [2.24, 2.45) is 0 Å². The van der Waals surface area contributed by atoms with Crippen LogP contribution < -0.4 is 10.6 Å². The number of thioether (sulfide) groups is 1. The van der Waals surface area contributed by atoms with Gasteiger partial charge in [-0.25, -0.2) is 4.79 Å². The summed E-state index contributed by atoms with van der Waals surface area (Å²) in [5.41, 5.74) is -0.247. The van der Waals surface area contributed by atoms with E-state index in [0.717, 1.165) is 4.90 Å². The number of aromatic carboxylic acids is 1. The normalized spacial score (nSPS) is 10.7. The van der Waals surface area contributed by atoms with Gasteiger partial charge in [0.25, 0.3) is 5.91 Å². The molecule has 35 heavy (non-hydrogen) atoms. The van der Waals surface area contributed by atoms with Crippen LogP contribution in [0.1, 0.15) is 20.7 Å². The van der Waals surface area contributed by atoms with Gasteiger partial charge in [-0.2, -0.15) is 0 Å². The number of amides is 2. The second-order valence-electron chi connectivity index (χ2n) is 6.75. The lowest BCUT2D eigenvalue weighted by Gasteiger charge is -2.14. The van der Waals surface area contributed by atoms with Crippen LogP contribution in [-0.4, -0.2) is 28.6 Å². The van der Waals surface area contributed by atoms with Gasteiger partial charge in [0.2, 0.25) is 5.91 Å². The van der Waals surface area contributed by atoms with Gasteiger partial charge in [-0.3, -0.25) is 9.59 Å². The first-order chi connectivity index (χ1) is 16.5. The lowest BCUT2D eigenvalue weighted by molar-refractivity contribution is -0.113. The van der Waals surface area contributed by atoms with E-state index in [-0.39, 0.29) is 26.7 Å². The highest BCUT2D eigenvalue weighted by Crippen LogP contribution is 2.42. The molecule has 3 aromatic carbocycles. The molecule has 3 aromatic rings. The van der Waals surface area contributed by atoms with E-state index in [4.69, 9.17) is 69.6 Å². The Labute approximate surface area is 233 Å². The number of hydrogen-bond acceptors (Lipinski definition) is 4. The zero-order valence-electron chi connectivity index (χ0n) is 17.1. The van der Waals surface area contributed by atoms with Crippen LogP contribution in [0.25, 0.3) is 0 Å². The maximum absolute atomic E-state index is 12.8. The van der Waals surface area contributed by atoms with Crippen molar-refractivity contribution in [3.63, 3.8) is 0 Å². The SMILES string of the molecule is O=C(CSc1ccc(NC(=O)c2c(Cl)c(Cl)c(Cl)c(Cl)c2C(=O)O)cc1)Nc1cc(Cl)ccc1Cl. The third-order valence-electron chi connectivity index (χ3n) is 4.39. The second kappa shape index (κ2) is 11.9. The molecule has 0 atom stereocenters. The minimum atomic E-state index is -1.50.